The first-order valence-corrected chi connectivity index (χ1v) is 9.90. The van der Waals surface area contributed by atoms with Crippen LogP contribution >= 0.6 is 0 Å². The predicted molar refractivity (Wildman–Crippen MR) is 121 cm³/mol. The molecule has 1 aliphatic rings. The fourth-order valence-corrected chi connectivity index (χ4v) is 3.65. The van der Waals surface area contributed by atoms with E-state index in [4.69, 9.17) is 19.9 Å². The molecule has 0 bridgehead atoms. The Bertz CT molecular complexity index is 1390. The average molecular weight is 411 g/mol. The minimum Gasteiger partial charge on any atom is -0.467 e. The fourth-order valence-electron chi connectivity index (χ4n) is 3.65. The number of aromatic nitrogens is 4. The van der Waals surface area contributed by atoms with Crippen LogP contribution in [0.25, 0.3) is 17.0 Å². The van der Waals surface area contributed by atoms with Crippen LogP contribution in [0.15, 0.2) is 69.6 Å². The average Bonchev–Trinajstić information content (AvgIpc) is 3.43. The van der Waals surface area contributed by atoms with E-state index >= 15 is 0 Å². The number of methoxy groups -OCH3 is 1. The number of fused-ring (bicyclic) bond motifs is 1. The first kappa shape index (κ1) is 18.9. The molecule has 0 N–H and O–H groups in total. The van der Waals surface area contributed by atoms with Gasteiger partial charge in [0.25, 0.3) is 0 Å². The normalized spacial score (nSPS) is 14.9. The van der Waals surface area contributed by atoms with E-state index in [1.165, 1.54) is 0 Å². The van der Waals surface area contributed by atoms with E-state index < -0.39 is 0 Å². The monoisotopic (exact) mass is 411 g/mol. The number of rotatable bonds is 3. The van der Waals surface area contributed by atoms with Crippen LogP contribution in [-0.2, 0) is 11.8 Å². The van der Waals surface area contributed by atoms with Crippen molar-refractivity contribution >= 4 is 28.9 Å². The molecule has 1 aliphatic heterocycles. The minimum absolute atomic E-state index is 0.282. The molecule has 8 heteroatoms. The zero-order chi connectivity index (χ0) is 21.5. The summed E-state index contributed by atoms with van der Waals surface area (Å²) < 4.78 is 8.90. The van der Waals surface area contributed by atoms with Crippen LogP contribution in [0.2, 0.25) is 0 Å². The summed E-state index contributed by atoms with van der Waals surface area (Å²) in [5.41, 5.74) is 6.02. The predicted octanol–water partition coefficient (Wildman–Crippen LogP) is 3.89. The van der Waals surface area contributed by atoms with Crippen LogP contribution < -0.4 is 0 Å². The van der Waals surface area contributed by atoms with Gasteiger partial charge in [0.15, 0.2) is 17.3 Å². The first-order valence-electron chi connectivity index (χ1n) is 9.90. The molecule has 0 atom stereocenters. The number of aliphatic imine (C=N–C) groups is 3. The Morgan fingerprint density at radius 2 is 1.68 bits per heavy atom. The molecule has 0 unspecified atom stereocenters. The first-order chi connectivity index (χ1) is 15.0. The van der Waals surface area contributed by atoms with E-state index in [-0.39, 0.29) is 6.02 Å². The molecule has 0 radical (unpaired) electrons. The maximum absolute atomic E-state index is 5.27. The van der Waals surface area contributed by atoms with E-state index in [1.54, 1.807) is 11.8 Å². The van der Waals surface area contributed by atoms with Crippen LogP contribution in [0.4, 0.5) is 5.69 Å². The van der Waals surface area contributed by atoms with Crippen LogP contribution in [0.3, 0.4) is 0 Å². The van der Waals surface area contributed by atoms with Gasteiger partial charge in [-0.25, -0.2) is 9.67 Å². The molecule has 4 aromatic rings. The van der Waals surface area contributed by atoms with Gasteiger partial charge in [-0.15, -0.1) is 0 Å². The van der Waals surface area contributed by atoms with Crippen molar-refractivity contribution in [3.63, 3.8) is 0 Å². The highest BCUT2D eigenvalue weighted by Crippen LogP contribution is 2.30. The molecule has 5 rings (SSSR count). The molecule has 0 spiro atoms. The maximum Gasteiger partial charge on any atom is 0.318 e. The number of hydrogen-bond acceptors (Lipinski definition) is 5. The van der Waals surface area contributed by atoms with Crippen molar-refractivity contribution < 1.29 is 4.74 Å². The van der Waals surface area contributed by atoms with Gasteiger partial charge in [0.1, 0.15) is 11.4 Å². The second-order valence-electron chi connectivity index (χ2n) is 7.35. The highest BCUT2D eigenvalue weighted by molar-refractivity contribution is 6.52. The van der Waals surface area contributed by atoms with Crippen molar-refractivity contribution in [1.29, 1.82) is 0 Å². The topological polar surface area (TPSA) is 81.4 Å². The molecule has 8 nitrogen and oxygen atoms in total. The third-order valence-electron chi connectivity index (χ3n) is 5.10. The van der Waals surface area contributed by atoms with Crippen molar-refractivity contribution in [3.8, 4) is 11.4 Å². The largest absolute Gasteiger partial charge is 0.467 e. The smallest absolute Gasteiger partial charge is 0.318 e. The number of nitrogens with zero attached hydrogens (tertiary/aromatic N) is 7. The van der Waals surface area contributed by atoms with Gasteiger partial charge in [0.05, 0.1) is 12.8 Å². The molecular weight excluding hydrogens is 390 g/mol. The zero-order valence-electron chi connectivity index (χ0n) is 17.7. The van der Waals surface area contributed by atoms with Crippen LogP contribution in [0.5, 0.6) is 0 Å². The molecule has 2 aromatic carbocycles. The second kappa shape index (κ2) is 7.32. The number of amidine groups is 2. The van der Waals surface area contributed by atoms with E-state index in [2.05, 4.69) is 29.0 Å². The molecule has 3 heterocycles. The van der Waals surface area contributed by atoms with Gasteiger partial charge in [-0.05, 0) is 19.9 Å². The molecule has 0 amide bonds. The zero-order valence-corrected chi connectivity index (χ0v) is 17.7. The third kappa shape index (κ3) is 3.22. The van der Waals surface area contributed by atoms with Gasteiger partial charge < -0.3 is 4.74 Å². The van der Waals surface area contributed by atoms with Crippen molar-refractivity contribution in [2.24, 2.45) is 22.0 Å². The molecule has 0 fully saturated rings. The number of ether oxygens (including phenoxy) is 1. The van der Waals surface area contributed by atoms with Gasteiger partial charge in [0, 0.05) is 18.2 Å². The highest BCUT2D eigenvalue weighted by atomic mass is 16.5. The molecule has 2 aromatic heterocycles. The maximum atomic E-state index is 5.27. The molecule has 31 heavy (non-hydrogen) atoms. The van der Waals surface area contributed by atoms with Gasteiger partial charge in [-0.2, -0.15) is 24.7 Å². The van der Waals surface area contributed by atoms with Crippen molar-refractivity contribution in [1.82, 2.24) is 19.4 Å². The van der Waals surface area contributed by atoms with Crippen molar-refractivity contribution in [3.05, 3.63) is 71.4 Å². The van der Waals surface area contributed by atoms with E-state index in [0.717, 1.165) is 33.9 Å². The lowest BCUT2D eigenvalue weighted by atomic mass is 10.1. The minimum atomic E-state index is 0.282. The molecular formula is C23H21N7O. The van der Waals surface area contributed by atoms with Gasteiger partial charge >= 0.3 is 6.02 Å². The quantitative estimate of drug-likeness (QED) is 0.513. The Kier molecular flexibility index (Phi) is 4.47. The number of hydrogen-bond donors (Lipinski definition) is 0. The third-order valence-corrected chi connectivity index (χ3v) is 5.10. The summed E-state index contributed by atoms with van der Waals surface area (Å²) in [6.07, 6.45) is 0. The van der Waals surface area contributed by atoms with Gasteiger partial charge in [-0.1, -0.05) is 54.1 Å². The van der Waals surface area contributed by atoms with E-state index in [1.807, 2.05) is 61.0 Å². The highest BCUT2D eigenvalue weighted by Gasteiger charge is 2.24. The summed E-state index contributed by atoms with van der Waals surface area (Å²) in [4.78, 5) is 13.8. The molecule has 0 saturated carbocycles. The van der Waals surface area contributed by atoms with Crippen molar-refractivity contribution in [2.45, 2.75) is 13.8 Å². The lowest BCUT2D eigenvalue weighted by Crippen LogP contribution is -2.09. The molecule has 154 valence electrons. The van der Waals surface area contributed by atoms with Crippen LogP contribution in [-0.4, -0.2) is 44.1 Å². The Hall–Kier alpha value is -4.07. The summed E-state index contributed by atoms with van der Waals surface area (Å²) in [6.45, 7) is 3.99. The Labute approximate surface area is 179 Å². The van der Waals surface area contributed by atoms with E-state index in [9.17, 15) is 0 Å². The summed E-state index contributed by atoms with van der Waals surface area (Å²) in [5, 5.41) is 9.43. The summed E-state index contributed by atoms with van der Waals surface area (Å²) in [6, 6.07) is 18.3. The summed E-state index contributed by atoms with van der Waals surface area (Å²) in [7, 11) is 3.44. The van der Waals surface area contributed by atoms with Crippen LogP contribution in [0, 0.1) is 13.8 Å². The Morgan fingerprint density at radius 3 is 2.42 bits per heavy atom. The van der Waals surface area contributed by atoms with Crippen LogP contribution in [0.1, 0.15) is 16.8 Å². The fraction of sp³-hybridized carbons (Fsp3) is 0.174. The van der Waals surface area contributed by atoms with Crippen molar-refractivity contribution in [2.75, 3.05) is 7.11 Å². The number of benzene rings is 2. The lowest BCUT2D eigenvalue weighted by molar-refractivity contribution is 0.399. The summed E-state index contributed by atoms with van der Waals surface area (Å²) in [5.74, 6) is 1.25. The standard InChI is InChI=1S/C23H21N7O/c1-14-9-8-12-17(13-14)21-28-29(3)22-18(15(2)27-30(21)22)24-20-19(25-23(26-20)31-4)16-10-6-5-7-11-16/h5-13H,1-4H3. The van der Waals surface area contributed by atoms with Gasteiger partial charge in [-0.3, -0.25) is 0 Å². The second-order valence-corrected chi connectivity index (χ2v) is 7.35. The van der Waals surface area contributed by atoms with E-state index in [0.29, 0.717) is 17.2 Å². The lowest BCUT2D eigenvalue weighted by Gasteiger charge is -2.01. The molecule has 0 aliphatic carbocycles. The van der Waals surface area contributed by atoms with Gasteiger partial charge in [0.2, 0.25) is 0 Å². The molecule has 0 saturated heterocycles. The Morgan fingerprint density at radius 1 is 0.903 bits per heavy atom. The number of aryl methyl sites for hydroxylation is 3. The summed E-state index contributed by atoms with van der Waals surface area (Å²) >= 11 is 0. The Balaban J connectivity index is 1.67. The SMILES string of the molecule is COC1=NC(=Nc2c(C)nn3c(-c4cccc(C)c4)nn(C)c23)C(c2ccccc2)=N1.